The van der Waals surface area contributed by atoms with Gasteiger partial charge in [-0.05, 0) is 53.7 Å². The van der Waals surface area contributed by atoms with E-state index in [4.69, 9.17) is 4.98 Å². The minimum Gasteiger partial charge on any atom is -0.267 e. The van der Waals surface area contributed by atoms with Gasteiger partial charge in [0.2, 0.25) is 0 Å². The molecule has 0 saturated heterocycles. The van der Waals surface area contributed by atoms with Crippen LogP contribution in [-0.4, -0.2) is 37.0 Å². The molecule has 166 valence electrons. The molecule has 2 aromatic heterocycles. The number of hydrogen-bond acceptors (Lipinski definition) is 6. The molecule has 2 heterocycles. The van der Waals surface area contributed by atoms with Crippen molar-refractivity contribution >= 4 is 22.7 Å². The van der Waals surface area contributed by atoms with Gasteiger partial charge in [-0.3, -0.25) is 20.4 Å². The molecule has 0 fully saturated rings. The third-order valence-electron chi connectivity index (χ3n) is 5.34. The molecule has 3 aromatic carbocycles. The van der Waals surface area contributed by atoms with Crippen molar-refractivity contribution in [1.29, 1.82) is 0 Å². The first-order chi connectivity index (χ1) is 16.6. The average molecular weight is 449 g/mol. The van der Waals surface area contributed by atoms with Gasteiger partial charge in [-0.25, -0.2) is 9.67 Å². The number of hydrazine groups is 1. The molecule has 2 amide bonds. The number of carbonyl (C=O) groups is 2. The second kappa shape index (κ2) is 8.91. The molecule has 0 atom stereocenters. The van der Waals surface area contributed by atoms with Gasteiger partial charge >= 0.3 is 0 Å². The molecule has 0 spiro atoms. The summed E-state index contributed by atoms with van der Waals surface area (Å²) in [6, 6.07) is 23.7. The maximum atomic E-state index is 13.1. The average Bonchev–Trinajstić information content (AvgIpc) is 3.42. The van der Waals surface area contributed by atoms with E-state index < -0.39 is 11.8 Å². The van der Waals surface area contributed by atoms with Gasteiger partial charge in [0.1, 0.15) is 6.33 Å². The fourth-order valence-electron chi connectivity index (χ4n) is 3.53. The Kier molecular flexibility index (Phi) is 5.49. The van der Waals surface area contributed by atoms with Crippen molar-refractivity contribution in [2.24, 2.45) is 0 Å². The minimum absolute atomic E-state index is 0.372. The molecular formula is C25H19N7O2. The van der Waals surface area contributed by atoms with Crippen LogP contribution in [0.5, 0.6) is 0 Å². The number of aryl methyl sites for hydroxylation is 1. The number of hydrogen-bond donors (Lipinski definition) is 2. The molecule has 5 rings (SSSR count). The topological polar surface area (TPSA) is 115 Å². The Morgan fingerprint density at radius 1 is 0.853 bits per heavy atom. The molecule has 2 N–H and O–H groups in total. The zero-order chi connectivity index (χ0) is 23.5. The van der Waals surface area contributed by atoms with Gasteiger partial charge in [0.05, 0.1) is 22.5 Å². The monoisotopic (exact) mass is 449 g/mol. The van der Waals surface area contributed by atoms with Crippen molar-refractivity contribution in [3.05, 3.63) is 102 Å². The summed E-state index contributed by atoms with van der Waals surface area (Å²) in [5.74, 6) is -0.889. The molecule has 0 radical (unpaired) electrons. The number of nitrogens with one attached hydrogen (secondary N) is 2. The highest BCUT2D eigenvalue weighted by molar-refractivity contribution is 6.08. The predicted molar refractivity (Wildman–Crippen MR) is 126 cm³/mol. The van der Waals surface area contributed by atoms with Crippen molar-refractivity contribution in [3.63, 3.8) is 0 Å². The van der Waals surface area contributed by atoms with Crippen molar-refractivity contribution in [3.8, 4) is 16.9 Å². The Morgan fingerprint density at radius 3 is 2.32 bits per heavy atom. The number of benzene rings is 3. The van der Waals surface area contributed by atoms with E-state index in [-0.39, 0.29) is 0 Å². The van der Waals surface area contributed by atoms with Crippen LogP contribution < -0.4 is 10.9 Å². The van der Waals surface area contributed by atoms with E-state index in [1.54, 1.807) is 30.3 Å². The molecule has 9 nitrogen and oxygen atoms in total. The van der Waals surface area contributed by atoms with Crippen LogP contribution in [0.4, 0.5) is 0 Å². The third kappa shape index (κ3) is 4.22. The standard InChI is InChI=1S/C25H19N7O2/c1-16-6-8-17(9-7-16)23-14-21(20-4-2-3-5-22(20)27-23)25(34)29-28-24(33)18-10-12-19(13-11-18)32-15-26-30-31-32/h2-15H,1H3,(H,28,33)(H,29,34). The largest absolute Gasteiger partial charge is 0.270 e. The quantitative estimate of drug-likeness (QED) is 0.407. The smallest absolute Gasteiger partial charge is 0.267 e. The Hall–Kier alpha value is -4.92. The van der Waals surface area contributed by atoms with Gasteiger partial charge in [0.25, 0.3) is 11.8 Å². The van der Waals surface area contributed by atoms with E-state index in [1.165, 1.54) is 11.0 Å². The molecule has 0 aliphatic carbocycles. The van der Waals surface area contributed by atoms with Gasteiger partial charge in [-0.1, -0.05) is 48.0 Å². The van der Waals surface area contributed by atoms with E-state index in [2.05, 4.69) is 26.4 Å². The van der Waals surface area contributed by atoms with E-state index in [9.17, 15) is 9.59 Å². The van der Waals surface area contributed by atoms with Crippen molar-refractivity contribution in [1.82, 2.24) is 36.0 Å². The number of pyridine rings is 1. The Morgan fingerprint density at radius 2 is 1.59 bits per heavy atom. The van der Waals surface area contributed by atoms with Crippen LogP contribution in [0.2, 0.25) is 0 Å². The van der Waals surface area contributed by atoms with Gasteiger partial charge in [-0.15, -0.1) is 5.10 Å². The first-order valence-corrected chi connectivity index (χ1v) is 10.5. The maximum absolute atomic E-state index is 13.1. The van der Waals surface area contributed by atoms with E-state index in [0.717, 1.165) is 11.1 Å². The zero-order valence-corrected chi connectivity index (χ0v) is 18.1. The van der Waals surface area contributed by atoms with Crippen LogP contribution in [-0.2, 0) is 0 Å². The van der Waals surface area contributed by atoms with Crippen molar-refractivity contribution < 1.29 is 9.59 Å². The number of carbonyl (C=O) groups excluding carboxylic acids is 2. The number of para-hydroxylation sites is 1. The highest BCUT2D eigenvalue weighted by Crippen LogP contribution is 2.25. The summed E-state index contributed by atoms with van der Waals surface area (Å²) in [6.45, 7) is 2.01. The SMILES string of the molecule is Cc1ccc(-c2cc(C(=O)NNC(=O)c3ccc(-n4cnnn4)cc3)c3ccccc3n2)cc1. The lowest BCUT2D eigenvalue weighted by atomic mass is 10.0. The predicted octanol–water partition coefficient (Wildman–Crippen LogP) is 3.26. The van der Waals surface area contributed by atoms with Gasteiger partial charge in [0, 0.05) is 16.5 Å². The van der Waals surface area contributed by atoms with Crippen LogP contribution in [0.1, 0.15) is 26.3 Å². The summed E-state index contributed by atoms with van der Waals surface area (Å²) >= 11 is 0. The molecule has 34 heavy (non-hydrogen) atoms. The molecule has 0 bridgehead atoms. The van der Waals surface area contributed by atoms with E-state index in [0.29, 0.717) is 33.4 Å². The summed E-state index contributed by atoms with van der Waals surface area (Å²) in [5.41, 5.74) is 9.88. The number of rotatable bonds is 4. The van der Waals surface area contributed by atoms with Crippen LogP contribution >= 0.6 is 0 Å². The lowest BCUT2D eigenvalue weighted by Crippen LogP contribution is -2.41. The summed E-state index contributed by atoms with van der Waals surface area (Å²) < 4.78 is 1.48. The molecular weight excluding hydrogens is 430 g/mol. The number of fused-ring (bicyclic) bond motifs is 1. The third-order valence-corrected chi connectivity index (χ3v) is 5.34. The van der Waals surface area contributed by atoms with E-state index >= 15 is 0 Å². The van der Waals surface area contributed by atoms with Crippen LogP contribution in [0.25, 0.3) is 27.8 Å². The Bertz CT molecular complexity index is 1480. The van der Waals surface area contributed by atoms with Crippen LogP contribution in [0, 0.1) is 6.92 Å². The minimum atomic E-state index is -0.450. The fraction of sp³-hybridized carbons (Fsp3) is 0.0400. The normalized spacial score (nSPS) is 10.7. The summed E-state index contributed by atoms with van der Waals surface area (Å²) in [5, 5.41) is 11.7. The lowest BCUT2D eigenvalue weighted by molar-refractivity contribution is 0.0847. The summed E-state index contributed by atoms with van der Waals surface area (Å²) in [4.78, 5) is 30.3. The molecule has 0 aliphatic rings. The fourth-order valence-corrected chi connectivity index (χ4v) is 3.53. The highest BCUT2D eigenvalue weighted by Gasteiger charge is 2.15. The second-order valence-electron chi connectivity index (χ2n) is 7.65. The van der Waals surface area contributed by atoms with Gasteiger partial charge in [-0.2, -0.15) is 0 Å². The number of aromatic nitrogens is 5. The van der Waals surface area contributed by atoms with Gasteiger partial charge in [0.15, 0.2) is 0 Å². The second-order valence-corrected chi connectivity index (χ2v) is 7.65. The Labute approximate surface area is 194 Å². The molecule has 0 saturated carbocycles. The zero-order valence-electron chi connectivity index (χ0n) is 18.1. The molecule has 0 unspecified atom stereocenters. The number of tetrazole rings is 1. The summed E-state index contributed by atoms with van der Waals surface area (Å²) in [7, 11) is 0. The lowest BCUT2D eigenvalue weighted by Gasteiger charge is -2.12. The van der Waals surface area contributed by atoms with Crippen molar-refractivity contribution in [2.75, 3.05) is 0 Å². The number of amides is 2. The molecule has 5 aromatic rings. The Balaban J connectivity index is 1.37. The van der Waals surface area contributed by atoms with Crippen LogP contribution in [0.15, 0.2) is 85.2 Å². The first-order valence-electron chi connectivity index (χ1n) is 10.5. The van der Waals surface area contributed by atoms with Gasteiger partial charge < -0.3 is 0 Å². The maximum Gasteiger partial charge on any atom is 0.270 e. The number of nitrogens with zero attached hydrogens (tertiary/aromatic N) is 5. The van der Waals surface area contributed by atoms with Crippen LogP contribution in [0.3, 0.4) is 0 Å². The molecule has 9 heteroatoms. The highest BCUT2D eigenvalue weighted by atomic mass is 16.2. The summed E-state index contributed by atoms with van der Waals surface area (Å²) in [6.07, 6.45) is 1.46. The molecule has 0 aliphatic heterocycles. The first kappa shape index (κ1) is 21.0. The van der Waals surface area contributed by atoms with E-state index in [1.807, 2.05) is 55.5 Å². The van der Waals surface area contributed by atoms with Crippen molar-refractivity contribution in [2.45, 2.75) is 6.92 Å².